The number of nitrogen functional groups attached to an aromatic ring is 3. The Hall–Kier alpha value is -2.63. The first-order valence-corrected chi connectivity index (χ1v) is 6.58. The highest BCUT2D eigenvalue weighted by molar-refractivity contribution is 5.63. The molecular weight excluding hydrogens is 268 g/mol. The maximum atomic E-state index is 5.94. The molecule has 6 nitrogen and oxygen atoms in total. The van der Waals surface area contributed by atoms with E-state index >= 15 is 0 Å². The first-order chi connectivity index (χ1) is 9.92. The summed E-state index contributed by atoms with van der Waals surface area (Å²) in [7, 11) is 1.58. The van der Waals surface area contributed by atoms with Gasteiger partial charge in [0.25, 0.3) is 0 Å². The summed E-state index contributed by atoms with van der Waals surface area (Å²) >= 11 is 0. The van der Waals surface area contributed by atoms with Gasteiger partial charge in [-0.1, -0.05) is 13.8 Å². The Kier molecular flexibility index (Phi) is 4.07. The Morgan fingerprint density at radius 2 is 1.62 bits per heavy atom. The van der Waals surface area contributed by atoms with Crippen LogP contribution < -0.4 is 26.7 Å². The van der Waals surface area contributed by atoms with Crippen molar-refractivity contribution in [1.29, 1.82) is 0 Å². The van der Waals surface area contributed by atoms with Crippen LogP contribution in [0.25, 0.3) is 0 Å². The van der Waals surface area contributed by atoms with Gasteiger partial charge in [0.05, 0.1) is 24.7 Å². The number of nitrogens with zero attached hydrogens (tertiary/aromatic N) is 1. The van der Waals surface area contributed by atoms with Crippen molar-refractivity contribution in [2.24, 2.45) is 0 Å². The lowest BCUT2D eigenvalue weighted by molar-refractivity contribution is 0.413. The molecule has 0 aliphatic carbocycles. The third-order valence-corrected chi connectivity index (χ3v) is 3.12. The zero-order chi connectivity index (χ0) is 15.6. The van der Waals surface area contributed by atoms with Gasteiger partial charge in [0.2, 0.25) is 0 Å². The lowest BCUT2D eigenvalue weighted by Crippen LogP contribution is -2.01. The number of aromatic nitrogens is 1. The van der Waals surface area contributed by atoms with E-state index in [0.29, 0.717) is 34.4 Å². The van der Waals surface area contributed by atoms with E-state index in [0.717, 1.165) is 5.56 Å². The topological polar surface area (TPSA) is 109 Å². The van der Waals surface area contributed by atoms with Gasteiger partial charge in [-0.15, -0.1) is 0 Å². The van der Waals surface area contributed by atoms with Crippen molar-refractivity contribution in [2.45, 2.75) is 19.8 Å². The van der Waals surface area contributed by atoms with Crippen molar-refractivity contribution < 1.29 is 9.47 Å². The molecule has 0 radical (unpaired) electrons. The Balaban J connectivity index is 2.45. The van der Waals surface area contributed by atoms with Crippen molar-refractivity contribution in [3.8, 4) is 17.2 Å². The number of hydrogen-bond donors (Lipinski definition) is 3. The maximum absolute atomic E-state index is 5.94. The second-order valence-corrected chi connectivity index (χ2v) is 5.04. The fraction of sp³-hybridized carbons (Fsp3) is 0.267. The first kappa shape index (κ1) is 14.8. The minimum atomic E-state index is 0.234. The SMILES string of the molecule is COc1cc(C(C)C)c(Oc2cnc(N)cc2N)cc1N. The van der Waals surface area contributed by atoms with Crippen LogP contribution in [0.1, 0.15) is 25.3 Å². The minimum Gasteiger partial charge on any atom is -0.495 e. The van der Waals surface area contributed by atoms with E-state index in [2.05, 4.69) is 18.8 Å². The number of hydrogen-bond acceptors (Lipinski definition) is 6. The smallest absolute Gasteiger partial charge is 0.168 e. The fourth-order valence-corrected chi connectivity index (χ4v) is 1.99. The number of anilines is 3. The highest BCUT2D eigenvalue weighted by Gasteiger charge is 2.15. The molecular formula is C15H20N4O2. The van der Waals surface area contributed by atoms with Crippen molar-refractivity contribution in [3.63, 3.8) is 0 Å². The van der Waals surface area contributed by atoms with Crippen LogP contribution in [0.2, 0.25) is 0 Å². The summed E-state index contributed by atoms with van der Waals surface area (Å²) in [6, 6.07) is 5.15. The molecule has 1 aromatic carbocycles. The van der Waals surface area contributed by atoms with Gasteiger partial charge in [0, 0.05) is 17.7 Å². The molecule has 0 fully saturated rings. The van der Waals surface area contributed by atoms with Crippen molar-refractivity contribution in [1.82, 2.24) is 4.98 Å². The zero-order valence-electron chi connectivity index (χ0n) is 12.4. The lowest BCUT2D eigenvalue weighted by Gasteiger charge is -2.17. The standard InChI is InChI=1S/C15H20N4O2/c1-8(2)9-4-13(20-3)10(16)5-12(9)21-14-7-19-15(18)6-11(14)17/h4-8H,16H2,1-3H3,(H4,17,18,19). The third kappa shape index (κ3) is 3.10. The summed E-state index contributed by atoms with van der Waals surface area (Å²) in [5.41, 5.74) is 19.3. The van der Waals surface area contributed by atoms with Gasteiger partial charge in [-0.25, -0.2) is 4.98 Å². The van der Waals surface area contributed by atoms with Crippen LogP contribution in [0.15, 0.2) is 24.4 Å². The molecule has 0 aliphatic heterocycles. The van der Waals surface area contributed by atoms with Crippen LogP contribution in [0.4, 0.5) is 17.2 Å². The molecule has 6 heteroatoms. The average Bonchev–Trinajstić information content (AvgIpc) is 2.41. The van der Waals surface area contributed by atoms with Gasteiger partial charge < -0.3 is 26.7 Å². The summed E-state index contributed by atoms with van der Waals surface area (Å²) in [5, 5.41) is 0. The van der Waals surface area contributed by atoms with E-state index in [1.54, 1.807) is 19.2 Å². The van der Waals surface area contributed by atoms with Crippen LogP contribution >= 0.6 is 0 Å². The molecule has 0 saturated heterocycles. The minimum absolute atomic E-state index is 0.234. The zero-order valence-corrected chi connectivity index (χ0v) is 12.4. The molecule has 1 heterocycles. The molecule has 0 atom stereocenters. The number of ether oxygens (including phenoxy) is 2. The van der Waals surface area contributed by atoms with Crippen molar-refractivity contribution in [2.75, 3.05) is 24.3 Å². The van der Waals surface area contributed by atoms with Gasteiger partial charge >= 0.3 is 0 Å². The molecule has 0 spiro atoms. The molecule has 6 N–H and O–H groups in total. The van der Waals surface area contributed by atoms with E-state index < -0.39 is 0 Å². The van der Waals surface area contributed by atoms with E-state index in [1.165, 1.54) is 6.20 Å². The molecule has 0 bridgehead atoms. The van der Waals surface area contributed by atoms with E-state index in [4.69, 9.17) is 26.7 Å². The molecule has 2 aromatic rings. The molecule has 0 aliphatic rings. The number of rotatable bonds is 4. The number of pyridine rings is 1. The van der Waals surface area contributed by atoms with E-state index in [1.807, 2.05) is 6.07 Å². The van der Waals surface area contributed by atoms with Crippen LogP contribution in [0.5, 0.6) is 17.2 Å². The Morgan fingerprint density at radius 1 is 0.952 bits per heavy atom. The molecule has 1 aromatic heterocycles. The Bertz CT molecular complexity index is 656. The third-order valence-electron chi connectivity index (χ3n) is 3.12. The van der Waals surface area contributed by atoms with E-state index in [9.17, 15) is 0 Å². The second-order valence-electron chi connectivity index (χ2n) is 5.04. The number of nitrogens with two attached hydrogens (primary N) is 3. The summed E-state index contributed by atoms with van der Waals surface area (Å²) in [4.78, 5) is 3.98. The van der Waals surface area contributed by atoms with Gasteiger partial charge in [-0.2, -0.15) is 0 Å². The Labute approximate surface area is 123 Å². The summed E-state index contributed by atoms with van der Waals surface area (Å²) in [5.74, 6) is 2.27. The summed E-state index contributed by atoms with van der Waals surface area (Å²) in [6.45, 7) is 4.12. The molecule has 0 saturated carbocycles. The van der Waals surface area contributed by atoms with Gasteiger partial charge in [0.15, 0.2) is 5.75 Å². The van der Waals surface area contributed by atoms with Crippen LogP contribution in [0, 0.1) is 0 Å². The first-order valence-electron chi connectivity index (χ1n) is 6.58. The quantitative estimate of drug-likeness (QED) is 0.746. The maximum Gasteiger partial charge on any atom is 0.168 e. The average molecular weight is 288 g/mol. The molecule has 0 amide bonds. The summed E-state index contributed by atoms with van der Waals surface area (Å²) in [6.07, 6.45) is 1.50. The molecule has 112 valence electrons. The Morgan fingerprint density at radius 3 is 2.19 bits per heavy atom. The van der Waals surface area contributed by atoms with Crippen LogP contribution in [0.3, 0.4) is 0 Å². The lowest BCUT2D eigenvalue weighted by atomic mass is 10.0. The van der Waals surface area contributed by atoms with Crippen LogP contribution in [-0.4, -0.2) is 12.1 Å². The highest BCUT2D eigenvalue weighted by Crippen LogP contribution is 2.38. The van der Waals surface area contributed by atoms with Gasteiger partial charge in [-0.05, 0) is 12.0 Å². The highest BCUT2D eigenvalue weighted by atomic mass is 16.5. The molecule has 2 rings (SSSR count). The second kappa shape index (κ2) is 5.78. The van der Waals surface area contributed by atoms with Crippen molar-refractivity contribution in [3.05, 3.63) is 30.0 Å². The number of methoxy groups -OCH3 is 1. The molecule has 0 unspecified atom stereocenters. The summed E-state index contributed by atoms with van der Waals surface area (Å²) < 4.78 is 11.1. The predicted octanol–water partition coefficient (Wildman–Crippen LogP) is 2.75. The normalized spacial score (nSPS) is 10.7. The largest absolute Gasteiger partial charge is 0.495 e. The van der Waals surface area contributed by atoms with Gasteiger partial charge in [0.1, 0.15) is 17.3 Å². The molecule has 21 heavy (non-hydrogen) atoms. The van der Waals surface area contributed by atoms with E-state index in [-0.39, 0.29) is 5.92 Å². The fourth-order valence-electron chi connectivity index (χ4n) is 1.99. The monoisotopic (exact) mass is 288 g/mol. The predicted molar refractivity (Wildman–Crippen MR) is 84.6 cm³/mol. The van der Waals surface area contributed by atoms with Gasteiger partial charge in [-0.3, -0.25) is 0 Å². The van der Waals surface area contributed by atoms with Crippen LogP contribution in [-0.2, 0) is 0 Å². The number of benzene rings is 1. The van der Waals surface area contributed by atoms with Crippen molar-refractivity contribution >= 4 is 17.2 Å².